The van der Waals surface area contributed by atoms with Crippen molar-refractivity contribution in [2.24, 2.45) is 0 Å². The van der Waals surface area contributed by atoms with Crippen LogP contribution in [0.3, 0.4) is 0 Å². The Hall–Kier alpha value is -0.890. The molecule has 1 aromatic carbocycles. The fourth-order valence-corrected chi connectivity index (χ4v) is 2.85. The molecular formula is C7H6F3O5PS. The molecule has 0 amide bonds. The molecule has 0 aromatic heterocycles. The van der Waals surface area contributed by atoms with Crippen LogP contribution in [0, 0.1) is 17.5 Å². The molecule has 1 rings (SSSR count). The molecule has 1 aromatic rings. The number of rotatable bonds is 4. The summed E-state index contributed by atoms with van der Waals surface area (Å²) in [6.07, 6.45) is 0. The van der Waals surface area contributed by atoms with Crippen molar-refractivity contribution < 1.29 is 34.6 Å². The second-order valence-electron chi connectivity index (χ2n) is 2.69. The third-order valence-electron chi connectivity index (χ3n) is 1.56. The molecule has 5 nitrogen and oxygen atoms in total. The van der Waals surface area contributed by atoms with Gasteiger partial charge in [-0.05, 0) is 0 Å². The van der Waals surface area contributed by atoms with Gasteiger partial charge in [0.05, 0.1) is 0 Å². The Morgan fingerprint density at radius 2 is 1.65 bits per heavy atom. The fraction of sp³-hybridized carbons (Fsp3) is 0.143. The standard InChI is InChI=1S/C7H6F3O5PS/c1-14-16(11)15-17(12,13)7-5(9)2-4(8)3-6(7)10/h2-3,16H,1H3. The van der Waals surface area contributed by atoms with Crippen LogP contribution in [-0.2, 0) is 23.2 Å². The summed E-state index contributed by atoms with van der Waals surface area (Å²) >= 11 is 0. The lowest BCUT2D eigenvalue weighted by Crippen LogP contribution is -2.08. The Balaban J connectivity index is 3.29. The highest BCUT2D eigenvalue weighted by molar-refractivity contribution is 7.89. The highest BCUT2D eigenvalue weighted by Gasteiger charge is 2.28. The Morgan fingerprint density at radius 3 is 2.06 bits per heavy atom. The summed E-state index contributed by atoms with van der Waals surface area (Å²) in [5, 5.41) is 0. The zero-order chi connectivity index (χ0) is 13.2. The largest absolute Gasteiger partial charge is 0.333 e. The van der Waals surface area contributed by atoms with Crippen LogP contribution in [0.25, 0.3) is 0 Å². The molecule has 0 N–H and O–H groups in total. The highest BCUT2D eigenvalue weighted by atomic mass is 32.2. The fourth-order valence-electron chi connectivity index (χ4n) is 0.933. The van der Waals surface area contributed by atoms with Crippen LogP contribution in [0.15, 0.2) is 17.0 Å². The molecule has 17 heavy (non-hydrogen) atoms. The minimum absolute atomic E-state index is 0.156. The summed E-state index contributed by atoms with van der Waals surface area (Å²) < 4.78 is 79.9. The van der Waals surface area contributed by atoms with Crippen LogP contribution in [-0.4, -0.2) is 15.5 Å². The van der Waals surface area contributed by atoms with Crippen molar-refractivity contribution in [3.8, 4) is 0 Å². The molecule has 0 aliphatic rings. The van der Waals surface area contributed by atoms with E-state index in [2.05, 4.69) is 8.49 Å². The lowest BCUT2D eigenvalue weighted by atomic mass is 10.3. The van der Waals surface area contributed by atoms with Gasteiger partial charge in [0.15, 0.2) is 4.90 Å². The summed E-state index contributed by atoms with van der Waals surface area (Å²) in [6.45, 7) is 0. The van der Waals surface area contributed by atoms with Crippen LogP contribution in [0.4, 0.5) is 13.2 Å². The smallest absolute Gasteiger partial charge is 0.313 e. The minimum Gasteiger partial charge on any atom is -0.313 e. The molecule has 1 unspecified atom stereocenters. The number of hydrogen-bond donors (Lipinski definition) is 0. The van der Waals surface area contributed by atoms with E-state index < -0.39 is 40.7 Å². The summed E-state index contributed by atoms with van der Waals surface area (Å²) in [4.78, 5) is -1.52. The topological polar surface area (TPSA) is 69.7 Å². The molecule has 0 heterocycles. The van der Waals surface area contributed by atoms with E-state index in [-0.39, 0.29) is 12.1 Å². The van der Waals surface area contributed by atoms with Gasteiger partial charge in [0, 0.05) is 19.2 Å². The lowest BCUT2D eigenvalue weighted by molar-refractivity contribution is 0.346. The van der Waals surface area contributed by atoms with Gasteiger partial charge in [-0.15, -0.1) is 0 Å². The van der Waals surface area contributed by atoms with Gasteiger partial charge in [-0.1, -0.05) is 0 Å². The Morgan fingerprint density at radius 1 is 1.18 bits per heavy atom. The number of hydrogen-bond acceptors (Lipinski definition) is 5. The third-order valence-corrected chi connectivity index (χ3v) is 4.20. The quantitative estimate of drug-likeness (QED) is 0.791. The van der Waals surface area contributed by atoms with Crippen molar-refractivity contribution in [1.82, 2.24) is 0 Å². The van der Waals surface area contributed by atoms with Crippen LogP contribution in [0.1, 0.15) is 0 Å². The average molecular weight is 290 g/mol. The van der Waals surface area contributed by atoms with Gasteiger partial charge < -0.3 is 4.52 Å². The molecule has 0 aliphatic carbocycles. The van der Waals surface area contributed by atoms with Gasteiger partial charge in [0.1, 0.15) is 17.5 Å². The van der Waals surface area contributed by atoms with Crippen molar-refractivity contribution in [3.63, 3.8) is 0 Å². The zero-order valence-corrected chi connectivity index (χ0v) is 10.1. The van der Waals surface area contributed by atoms with Gasteiger partial charge in [-0.2, -0.15) is 12.4 Å². The molecule has 0 saturated carbocycles. The highest BCUT2D eigenvalue weighted by Crippen LogP contribution is 2.31. The predicted molar refractivity (Wildman–Crippen MR) is 50.6 cm³/mol. The lowest BCUT2D eigenvalue weighted by Gasteiger charge is -2.06. The van der Waals surface area contributed by atoms with Gasteiger partial charge >= 0.3 is 18.4 Å². The van der Waals surface area contributed by atoms with Crippen LogP contribution >= 0.6 is 8.25 Å². The molecular weight excluding hydrogens is 284 g/mol. The molecule has 10 heteroatoms. The van der Waals surface area contributed by atoms with E-state index in [4.69, 9.17) is 0 Å². The van der Waals surface area contributed by atoms with Gasteiger partial charge in [0.25, 0.3) is 0 Å². The molecule has 1 atom stereocenters. The van der Waals surface area contributed by atoms with E-state index in [0.717, 1.165) is 7.11 Å². The van der Waals surface area contributed by atoms with Crippen LogP contribution in [0.5, 0.6) is 0 Å². The first kappa shape index (κ1) is 14.2. The number of halogens is 3. The van der Waals surface area contributed by atoms with Gasteiger partial charge in [-0.25, -0.2) is 13.2 Å². The maximum atomic E-state index is 13.1. The van der Waals surface area contributed by atoms with Crippen molar-refractivity contribution in [3.05, 3.63) is 29.6 Å². The van der Waals surface area contributed by atoms with Crippen molar-refractivity contribution in [2.75, 3.05) is 7.11 Å². The second-order valence-corrected chi connectivity index (χ2v) is 5.58. The molecule has 0 radical (unpaired) electrons. The van der Waals surface area contributed by atoms with E-state index >= 15 is 0 Å². The monoisotopic (exact) mass is 290 g/mol. The predicted octanol–water partition coefficient (Wildman–Crippen LogP) is 1.85. The summed E-state index contributed by atoms with van der Waals surface area (Å²) in [7, 11) is -7.52. The van der Waals surface area contributed by atoms with Crippen molar-refractivity contribution in [2.45, 2.75) is 4.90 Å². The number of benzene rings is 1. The van der Waals surface area contributed by atoms with Crippen LogP contribution in [0.2, 0.25) is 0 Å². The van der Waals surface area contributed by atoms with Crippen molar-refractivity contribution >= 4 is 18.4 Å². The SMILES string of the molecule is CO[PH](=O)OS(=O)(=O)c1c(F)cc(F)cc1F. The molecule has 96 valence electrons. The Bertz CT molecular complexity index is 536. The van der Waals surface area contributed by atoms with Gasteiger partial charge in [0.2, 0.25) is 0 Å². The van der Waals surface area contributed by atoms with Gasteiger partial charge in [-0.3, -0.25) is 4.57 Å². The molecule has 0 saturated heterocycles. The maximum Gasteiger partial charge on any atom is 0.333 e. The van der Waals surface area contributed by atoms with E-state index in [1.165, 1.54) is 0 Å². The first-order valence-corrected chi connectivity index (χ1v) is 6.58. The molecule has 0 fully saturated rings. The zero-order valence-electron chi connectivity index (χ0n) is 8.24. The van der Waals surface area contributed by atoms with E-state index in [9.17, 15) is 26.2 Å². The van der Waals surface area contributed by atoms with E-state index in [1.807, 2.05) is 0 Å². The van der Waals surface area contributed by atoms with E-state index in [1.54, 1.807) is 0 Å². The molecule has 0 spiro atoms. The maximum absolute atomic E-state index is 13.1. The molecule has 0 aliphatic heterocycles. The second kappa shape index (κ2) is 5.18. The van der Waals surface area contributed by atoms with E-state index in [0.29, 0.717) is 0 Å². The third kappa shape index (κ3) is 3.29. The average Bonchev–Trinajstić information content (AvgIpc) is 2.14. The first-order chi connectivity index (χ1) is 7.77. The minimum atomic E-state index is -4.96. The first-order valence-electron chi connectivity index (χ1n) is 3.95. The Kier molecular flexibility index (Phi) is 4.31. The normalized spacial score (nSPS) is 13.6. The summed E-state index contributed by atoms with van der Waals surface area (Å²) in [5.41, 5.74) is 0. The molecule has 0 bridgehead atoms. The summed E-state index contributed by atoms with van der Waals surface area (Å²) in [5.74, 6) is -4.67. The van der Waals surface area contributed by atoms with Crippen molar-refractivity contribution in [1.29, 1.82) is 0 Å². The Labute approximate surface area is 95.2 Å². The summed E-state index contributed by atoms with van der Waals surface area (Å²) in [6, 6.07) is 0.312. The van der Waals surface area contributed by atoms with Crippen LogP contribution < -0.4 is 0 Å².